The lowest BCUT2D eigenvalue weighted by molar-refractivity contribution is 0.828. The van der Waals surface area contributed by atoms with Gasteiger partial charge in [-0.1, -0.05) is 85.0 Å². The molecule has 3 atom stereocenters. The van der Waals surface area contributed by atoms with Crippen molar-refractivity contribution < 1.29 is 0 Å². The van der Waals surface area contributed by atoms with Gasteiger partial charge < -0.3 is 9.47 Å². The summed E-state index contributed by atoms with van der Waals surface area (Å²) in [6, 6.07) is 34.8. The zero-order valence-corrected chi connectivity index (χ0v) is 19.0. The topological polar surface area (TPSA) is 32.0 Å². The molecule has 0 saturated heterocycles. The Morgan fingerprint density at radius 2 is 1.34 bits per heavy atom. The first kappa shape index (κ1) is 18.8. The molecule has 3 nitrogen and oxygen atoms in total. The molecule has 3 heteroatoms. The molecule has 1 fully saturated rings. The molecule has 0 bridgehead atoms. The van der Waals surface area contributed by atoms with E-state index in [1.54, 1.807) is 0 Å². The highest BCUT2D eigenvalue weighted by atomic mass is 15.3. The Bertz CT molecular complexity index is 1740. The Morgan fingerprint density at radius 1 is 0.686 bits per heavy atom. The molecule has 5 aromatic rings. The molecule has 8 rings (SSSR count). The van der Waals surface area contributed by atoms with Crippen molar-refractivity contribution in [3.63, 3.8) is 0 Å². The summed E-state index contributed by atoms with van der Waals surface area (Å²) in [5.74, 6) is 0.436. The average molecular weight is 448 g/mol. The standard InChI is InChI=1S/C32H21N3/c33-20-23-28(34-26-14-4-1-10-21(26)22-11-2-5-15-27(22)34)17-9-18-29(23)35-30-16-6-3-12-24(30)32-19-8-7-13-25(32)31(32)35/h1-19,25,31H/t25-,31?,32?/m0/s1. The third-order valence-corrected chi connectivity index (χ3v) is 8.19. The van der Waals surface area contributed by atoms with Crippen molar-refractivity contribution in [2.45, 2.75) is 11.5 Å². The van der Waals surface area contributed by atoms with E-state index >= 15 is 0 Å². The number of anilines is 2. The van der Waals surface area contributed by atoms with Gasteiger partial charge in [-0.05, 0) is 35.9 Å². The molecule has 0 N–H and O–H groups in total. The summed E-state index contributed by atoms with van der Waals surface area (Å²) in [4.78, 5) is 2.43. The highest BCUT2D eigenvalue weighted by molar-refractivity contribution is 6.09. The van der Waals surface area contributed by atoms with Gasteiger partial charge in [-0.3, -0.25) is 0 Å². The van der Waals surface area contributed by atoms with Crippen molar-refractivity contribution in [3.05, 3.63) is 126 Å². The molecule has 2 unspecified atom stereocenters. The van der Waals surface area contributed by atoms with Crippen LogP contribution in [0, 0.1) is 17.2 Å². The lowest BCUT2D eigenvalue weighted by Crippen LogP contribution is -2.21. The summed E-state index contributed by atoms with van der Waals surface area (Å²) in [6.07, 6.45) is 9.03. The van der Waals surface area contributed by atoms with Gasteiger partial charge in [0.1, 0.15) is 6.07 Å². The summed E-state index contributed by atoms with van der Waals surface area (Å²) in [5, 5.41) is 13.0. The van der Waals surface area contributed by atoms with E-state index in [1.807, 2.05) is 0 Å². The second-order valence-electron chi connectivity index (χ2n) is 9.69. The maximum Gasteiger partial charge on any atom is 0.104 e. The number of para-hydroxylation sites is 3. The summed E-state index contributed by atoms with van der Waals surface area (Å²) >= 11 is 0. The first-order valence-electron chi connectivity index (χ1n) is 12.1. The minimum Gasteiger partial charge on any atom is -0.335 e. The van der Waals surface area contributed by atoms with E-state index in [0.717, 1.165) is 22.4 Å². The zero-order valence-electron chi connectivity index (χ0n) is 19.0. The van der Waals surface area contributed by atoms with Gasteiger partial charge in [-0.15, -0.1) is 0 Å². The number of allylic oxidation sites excluding steroid dienone is 2. The average Bonchev–Trinajstić information content (AvgIpc) is 3.35. The normalized spacial score (nSPS) is 23.2. The van der Waals surface area contributed by atoms with Crippen LogP contribution in [0.3, 0.4) is 0 Å². The fraction of sp³-hybridized carbons (Fsp3) is 0.0938. The number of nitriles is 1. The quantitative estimate of drug-likeness (QED) is 0.287. The molecule has 1 aliphatic heterocycles. The number of benzene rings is 4. The summed E-state index contributed by atoms with van der Waals surface area (Å²) in [5.41, 5.74) is 7.45. The van der Waals surface area contributed by atoms with Crippen LogP contribution < -0.4 is 4.90 Å². The van der Waals surface area contributed by atoms with Gasteiger partial charge in [-0.25, -0.2) is 0 Å². The maximum absolute atomic E-state index is 10.6. The molecule has 4 aromatic carbocycles. The van der Waals surface area contributed by atoms with E-state index in [-0.39, 0.29) is 5.41 Å². The van der Waals surface area contributed by atoms with Crippen LogP contribution in [0.4, 0.5) is 11.4 Å². The van der Waals surface area contributed by atoms with E-state index in [9.17, 15) is 5.26 Å². The molecule has 1 spiro atoms. The predicted octanol–water partition coefficient (Wildman–Crippen LogP) is 7.17. The van der Waals surface area contributed by atoms with Crippen molar-refractivity contribution in [2.75, 3.05) is 4.90 Å². The van der Waals surface area contributed by atoms with Crippen LogP contribution in [0.15, 0.2) is 115 Å². The number of hydrogen-bond acceptors (Lipinski definition) is 2. The minimum absolute atomic E-state index is 0.0148. The second kappa shape index (κ2) is 6.52. The predicted molar refractivity (Wildman–Crippen MR) is 141 cm³/mol. The summed E-state index contributed by atoms with van der Waals surface area (Å²) < 4.78 is 2.25. The first-order valence-corrected chi connectivity index (χ1v) is 12.1. The largest absolute Gasteiger partial charge is 0.335 e. The lowest BCUT2D eigenvalue weighted by Gasteiger charge is -2.26. The Labute approximate surface area is 203 Å². The van der Waals surface area contributed by atoms with Crippen molar-refractivity contribution in [1.29, 1.82) is 5.26 Å². The Kier molecular flexibility index (Phi) is 3.51. The van der Waals surface area contributed by atoms with Crippen molar-refractivity contribution >= 4 is 33.2 Å². The van der Waals surface area contributed by atoms with Gasteiger partial charge in [0.15, 0.2) is 0 Å². The molecule has 1 aromatic heterocycles. The summed E-state index contributed by atoms with van der Waals surface area (Å²) in [6.45, 7) is 0. The SMILES string of the molecule is N#Cc1c(N2c3ccccc3C34C=CC=C[C@H]3C24)cccc1-n1c2ccccc2c2ccccc21. The highest BCUT2D eigenvalue weighted by Gasteiger charge is 2.71. The maximum atomic E-state index is 10.6. The van der Waals surface area contributed by atoms with Gasteiger partial charge in [0.05, 0.1) is 34.0 Å². The van der Waals surface area contributed by atoms with Crippen LogP contribution in [0.25, 0.3) is 27.5 Å². The van der Waals surface area contributed by atoms with Crippen LogP contribution in [0.2, 0.25) is 0 Å². The molecular weight excluding hydrogens is 426 g/mol. The van der Waals surface area contributed by atoms with Crippen molar-refractivity contribution in [2.24, 2.45) is 5.92 Å². The summed E-state index contributed by atoms with van der Waals surface area (Å²) in [7, 11) is 0. The minimum atomic E-state index is 0.0148. The molecule has 0 amide bonds. The van der Waals surface area contributed by atoms with Gasteiger partial charge >= 0.3 is 0 Å². The van der Waals surface area contributed by atoms with Crippen LogP contribution >= 0.6 is 0 Å². The number of hydrogen-bond donors (Lipinski definition) is 0. The van der Waals surface area contributed by atoms with E-state index in [4.69, 9.17) is 0 Å². The van der Waals surface area contributed by atoms with Gasteiger partial charge in [0.2, 0.25) is 0 Å². The number of rotatable bonds is 2. The second-order valence-corrected chi connectivity index (χ2v) is 9.69. The number of fused-ring (bicyclic) bond motifs is 5. The monoisotopic (exact) mass is 447 g/mol. The van der Waals surface area contributed by atoms with Crippen molar-refractivity contribution in [3.8, 4) is 11.8 Å². The first-order chi connectivity index (χ1) is 17.3. The smallest absolute Gasteiger partial charge is 0.104 e. The molecule has 3 aliphatic rings. The lowest BCUT2D eigenvalue weighted by atomic mass is 9.90. The molecular formula is C32H21N3. The third kappa shape index (κ3) is 2.20. The van der Waals surface area contributed by atoms with Crippen LogP contribution in [0.5, 0.6) is 0 Å². The Balaban J connectivity index is 1.41. The van der Waals surface area contributed by atoms with Crippen LogP contribution in [-0.2, 0) is 5.41 Å². The van der Waals surface area contributed by atoms with E-state index in [1.165, 1.54) is 22.0 Å². The zero-order chi connectivity index (χ0) is 23.1. The fourth-order valence-corrected chi connectivity index (χ4v) is 6.78. The fourth-order valence-electron chi connectivity index (χ4n) is 6.78. The molecule has 2 aliphatic carbocycles. The van der Waals surface area contributed by atoms with Crippen molar-refractivity contribution in [1.82, 2.24) is 4.57 Å². The Morgan fingerprint density at radius 3 is 2.11 bits per heavy atom. The third-order valence-electron chi connectivity index (χ3n) is 8.19. The number of nitrogens with zero attached hydrogens (tertiary/aromatic N) is 3. The number of aromatic nitrogens is 1. The highest BCUT2D eigenvalue weighted by Crippen LogP contribution is 2.69. The van der Waals surface area contributed by atoms with E-state index in [2.05, 4.69) is 131 Å². The van der Waals surface area contributed by atoms with Crippen LogP contribution in [0.1, 0.15) is 11.1 Å². The Hall–Kier alpha value is -4.55. The van der Waals surface area contributed by atoms with Gasteiger partial charge in [-0.2, -0.15) is 5.26 Å². The van der Waals surface area contributed by atoms with Gasteiger partial charge in [0, 0.05) is 27.8 Å². The van der Waals surface area contributed by atoms with Crippen LogP contribution in [-0.4, -0.2) is 10.6 Å². The molecule has 35 heavy (non-hydrogen) atoms. The molecule has 2 heterocycles. The molecule has 0 radical (unpaired) electrons. The van der Waals surface area contributed by atoms with E-state index in [0.29, 0.717) is 17.5 Å². The van der Waals surface area contributed by atoms with E-state index < -0.39 is 0 Å². The molecule has 1 saturated carbocycles. The molecule has 164 valence electrons. The van der Waals surface area contributed by atoms with Gasteiger partial charge in [0.25, 0.3) is 0 Å².